The maximum absolute atomic E-state index is 12.1. The standard InChI is InChI=1S/C18H21N3O5/c1-18(2,3)26-17(23)19-9-5-4-6-12-7-8-14-13(10-12)16(22)15(11-20-14)21(24)25/h4,6-8,10-11H,5,9H2,1-3H3,(H,19,23)(H,20,22). The Bertz CT molecular complexity index is 909. The van der Waals surface area contributed by atoms with Crippen molar-refractivity contribution in [3.63, 3.8) is 0 Å². The van der Waals surface area contributed by atoms with Crippen LogP contribution in [0.4, 0.5) is 10.5 Å². The van der Waals surface area contributed by atoms with Crippen molar-refractivity contribution >= 4 is 28.8 Å². The second kappa shape index (κ2) is 7.81. The molecule has 0 saturated heterocycles. The molecule has 0 aliphatic rings. The lowest BCUT2D eigenvalue weighted by Crippen LogP contribution is -2.32. The number of carbonyl (C=O) groups is 1. The van der Waals surface area contributed by atoms with Crippen molar-refractivity contribution in [2.24, 2.45) is 0 Å². The molecule has 0 spiro atoms. The van der Waals surface area contributed by atoms with Crippen molar-refractivity contribution in [3.05, 3.63) is 56.4 Å². The van der Waals surface area contributed by atoms with Crippen LogP contribution in [0.15, 0.2) is 35.3 Å². The van der Waals surface area contributed by atoms with Crippen LogP contribution in [0.5, 0.6) is 0 Å². The summed E-state index contributed by atoms with van der Waals surface area (Å²) in [6, 6.07) is 5.08. The molecule has 1 amide bonds. The topological polar surface area (TPSA) is 114 Å². The first kappa shape index (κ1) is 19.2. The summed E-state index contributed by atoms with van der Waals surface area (Å²) >= 11 is 0. The number of fused-ring (bicyclic) bond motifs is 1. The molecule has 1 aromatic carbocycles. The van der Waals surface area contributed by atoms with Gasteiger partial charge in [0.25, 0.3) is 5.43 Å². The molecule has 138 valence electrons. The number of amides is 1. The highest BCUT2D eigenvalue weighted by Crippen LogP contribution is 2.15. The molecular formula is C18H21N3O5. The number of hydrogen-bond acceptors (Lipinski definition) is 5. The van der Waals surface area contributed by atoms with Crippen LogP contribution < -0.4 is 10.7 Å². The van der Waals surface area contributed by atoms with Crippen molar-refractivity contribution in [1.82, 2.24) is 10.3 Å². The minimum Gasteiger partial charge on any atom is -0.444 e. The Morgan fingerprint density at radius 1 is 1.38 bits per heavy atom. The third-order valence-electron chi connectivity index (χ3n) is 3.37. The van der Waals surface area contributed by atoms with Gasteiger partial charge in [0.15, 0.2) is 0 Å². The van der Waals surface area contributed by atoms with Gasteiger partial charge in [0, 0.05) is 12.1 Å². The average Bonchev–Trinajstić information content (AvgIpc) is 2.53. The Morgan fingerprint density at radius 3 is 2.77 bits per heavy atom. The molecule has 0 fully saturated rings. The number of carbonyl (C=O) groups excluding carboxylic acids is 1. The molecule has 2 N–H and O–H groups in total. The van der Waals surface area contributed by atoms with Crippen molar-refractivity contribution in [1.29, 1.82) is 0 Å². The lowest BCUT2D eigenvalue weighted by Gasteiger charge is -2.19. The summed E-state index contributed by atoms with van der Waals surface area (Å²) in [7, 11) is 0. The highest BCUT2D eigenvalue weighted by Gasteiger charge is 2.15. The van der Waals surface area contributed by atoms with Crippen molar-refractivity contribution in [3.8, 4) is 0 Å². The first-order valence-corrected chi connectivity index (χ1v) is 8.10. The molecular weight excluding hydrogens is 338 g/mol. The van der Waals surface area contributed by atoms with Crippen LogP contribution in [-0.2, 0) is 4.74 Å². The molecule has 2 aromatic rings. The fourth-order valence-electron chi connectivity index (χ4n) is 2.26. The van der Waals surface area contributed by atoms with Crippen LogP contribution in [0.2, 0.25) is 0 Å². The van der Waals surface area contributed by atoms with Gasteiger partial charge in [0.05, 0.1) is 16.5 Å². The molecule has 0 saturated carbocycles. The highest BCUT2D eigenvalue weighted by atomic mass is 16.6. The molecule has 26 heavy (non-hydrogen) atoms. The van der Waals surface area contributed by atoms with Gasteiger partial charge < -0.3 is 15.0 Å². The van der Waals surface area contributed by atoms with Crippen LogP contribution in [0, 0.1) is 10.1 Å². The number of hydrogen-bond donors (Lipinski definition) is 2. The number of aromatic amines is 1. The lowest BCUT2D eigenvalue weighted by atomic mass is 10.1. The minimum absolute atomic E-state index is 0.258. The Morgan fingerprint density at radius 2 is 2.12 bits per heavy atom. The van der Waals surface area contributed by atoms with Gasteiger partial charge in [0.1, 0.15) is 5.60 Å². The fraction of sp³-hybridized carbons (Fsp3) is 0.333. The van der Waals surface area contributed by atoms with Gasteiger partial charge in [0.2, 0.25) is 0 Å². The summed E-state index contributed by atoms with van der Waals surface area (Å²) < 4.78 is 5.13. The van der Waals surface area contributed by atoms with E-state index >= 15 is 0 Å². The summed E-state index contributed by atoms with van der Waals surface area (Å²) in [5.74, 6) is 0. The molecule has 1 heterocycles. The number of nitrogens with one attached hydrogen (secondary N) is 2. The molecule has 2 rings (SSSR count). The van der Waals surface area contributed by atoms with E-state index in [1.165, 1.54) is 0 Å². The number of rotatable bonds is 5. The maximum Gasteiger partial charge on any atom is 0.407 e. The van der Waals surface area contributed by atoms with Crippen LogP contribution in [0.1, 0.15) is 32.8 Å². The van der Waals surface area contributed by atoms with Gasteiger partial charge in [-0.2, -0.15) is 0 Å². The van der Waals surface area contributed by atoms with Crippen molar-refractivity contribution < 1.29 is 14.5 Å². The van der Waals surface area contributed by atoms with E-state index in [-0.39, 0.29) is 5.39 Å². The smallest absolute Gasteiger partial charge is 0.407 e. The Kier molecular flexibility index (Phi) is 5.76. The predicted octanol–water partition coefficient (Wildman–Crippen LogP) is 3.36. The quantitative estimate of drug-likeness (QED) is 0.482. The zero-order valence-corrected chi connectivity index (χ0v) is 14.9. The average molecular weight is 359 g/mol. The van der Waals surface area contributed by atoms with Gasteiger partial charge in [-0.1, -0.05) is 18.2 Å². The molecule has 0 unspecified atom stereocenters. The summed E-state index contributed by atoms with van der Waals surface area (Å²) in [5, 5.41) is 13.8. The molecule has 8 nitrogen and oxygen atoms in total. The Labute approximate surface area is 150 Å². The number of ether oxygens (including phenoxy) is 1. The summed E-state index contributed by atoms with van der Waals surface area (Å²) in [4.78, 5) is 36.6. The number of pyridine rings is 1. The summed E-state index contributed by atoms with van der Waals surface area (Å²) in [6.45, 7) is 5.78. The minimum atomic E-state index is -0.705. The van der Waals surface area contributed by atoms with E-state index in [1.54, 1.807) is 45.0 Å². The van der Waals surface area contributed by atoms with E-state index < -0.39 is 27.7 Å². The van der Waals surface area contributed by atoms with Gasteiger partial charge in [-0.05, 0) is 44.9 Å². The van der Waals surface area contributed by atoms with E-state index in [9.17, 15) is 19.7 Å². The molecule has 0 bridgehead atoms. The fourth-order valence-corrected chi connectivity index (χ4v) is 2.26. The Hall–Kier alpha value is -3.16. The van der Waals surface area contributed by atoms with Gasteiger partial charge in [-0.25, -0.2) is 4.79 Å². The first-order chi connectivity index (χ1) is 12.2. The summed E-state index contributed by atoms with van der Waals surface area (Å²) in [5.41, 5.74) is -0.378. The number of H-pyrrole nitrogens is 1. The molecule has 0 aliphatic carbocycles. The van der Waals surface area contributed by atoms with E-state index in [0.29, 0.717) is 18.5 Å². The molecule has 8 heteroatoms. The van der Waals surface area contributed by atoms with Crippen LogP contribution in [-0.4, -0.2) is 28.1 Å². The van der Waals surface area contributed by atoms with Gasteiger partial charge in [-0.3, -0.25) is 14.9 Å². The second-order valence-electron chi connectivity index (χ2n) is 6.68. The van der Waals surface area contributed by atoms with Gasteiger partial charge in [-0.15, -0.1) is 0 Å². The van der Waals surface area contributed by atoms with Gasteiger partial charge >= 0.3 is 11.8 Å². The molecule has 0 aliphatic heterocycles. The normalized spacial score (nSPS) is 11.7. The zero-order chi connectivity index (χ0) is 19.3. The number of nitrogens with zero attached hydrogens (tertiary/aromatic N) is 1. The molecule has 0 radical (unpaired) electrons. The first-order valence-electron chi connectivity index (χ1n) is 8.10. The predicted molar refractivity (Wildman–Crippen MR) is 99.1 cm³/mol. The van der Waals surface area contributed by atoms with E-state index in [0.717, 1.165) is 11.8 Å². The number of nitro groups is 1. The number of benzene rings is 1. The lowest BCUT2D eigenvalue weighted by molar-refractivity contribution is -0.386. The van der Waals surface area contributed by atoms with Crippen molar-refractivity contribution in [2.75, 3.05) is 6.54 Å². The van der Waals surface area contributed by atoms with Crippen LogP contribution >= 0.6 is 0 Å². The third-order valence-corrected chi connectivity index (χ3v) is 3.37. The maximum atomic E-state index is 12.1. The molecule has 0 atom stereocenters. The largest absolute Gasteiger partial charge is 0.444 e. The SMILES string of the molecule is CC(C)(C)OC(=O)NCCC=Cc1ccc2[nH]cc([N+](=O)[O-])c(=O)c2c1. The number of alkyl carbamates (subject to hydrolysis) is 1. The summed E-state index contributed by atoms with van der Waals surface area (Å²) in [6.07, 6.45) is 4.82. The van der Waals surface area contributed by atoms with E-state index in [4.69, 9.17) is 4.74 Å². The van der Waals surface area contributed by atoms with E-state index in [2.05, 4.69) is 10.3 Å². The highest BCUT2D eigenvalue weighted by molar-refractivity contribution is 5.82. The second-order valence-corrected chi connectivity index (χ2v) is 6.68. The van der Waals surface area contributed by atoms with Crippen molar-refractivity contribution in [2.45, 2.75) is 32.8 Å². The number of aromatic nitrogens is 1. The van der Waals surface area contributed by atoms with Crippen LogP contribution in [0.25, 0.3) is 17.0 Å². The third kappa shape index (κ3) is 5.17. The monoisotopic (exact) mass is 359 g/mol. The molecule has 1 aromatic heterocycles. The van der Waals surface area contributed by atoms with E-state index in [1.807, 2.05) is 6.08 Å². The zero-order valence-electron chi connectivity index (χ0n) is 14.9. The van der Waals surface area contributed by atoms with Crippen LogP contribution in [0.3, 0.4) is 0 Å². The Balaban J connectivity index is 2.01.